The van der Waals surface area contributed by atoms with Gasteiger partial charge in [0.15, 0.2) is 0 Å². The van der Waals surface area contributed by atoms with Crippen LogP contribution in [0, 0.1) is 11.8 Å². The summed E-state index contributed by atoms with van der Waals surface area (Å²) >= 11 is 0. The van der Waals surface area contributed by atoms with Gasteiger partial charge < -0.3 is 14.6 Å². The third-order valence-corrected chi connectivity index (χ3v) is 4.47. The van der Waals surface area contributed by atoms with Gasteiger partial charge in [-0.2, -0.15) is 0 Å². The van der Waals surface area contributed by atoms with E-state index < -0.39 is 0 Å². The number of carbonyl (C=O) groups excluding carboxylic acids is 2. The Bertz CT molecular complexity index is 334. The first-order valence-electron chi connectivity index (χ1n) is 9.13. The van der Waals surface area contributed by atoms with E-state index in [-0.39, 0.29) is 37.0 Å². The highest BCUT2D eigenvalue weighted by atomic mass is 16.5. The van der Waals surface area contributed by atoms with E-state index in [1.807, 2.05) is 0 Å². The van der Waals surface area contributed by atoms with Crippen LogP contribution < -0.4 is 0 Å². The highest BCUT2D eigenvalue weighted by Gasteiger charge is 2.31. The van der Waals surface area contributed by atoms with E-state index >= 15 is 0 Å². The lowest BCUT2D eigenvalue weighted by atomic mass is 9.82. The van der Waals surface area contributed by atoms with Crippen molar-refractivity contribution in [1.82, 2.24) is 0 Å². The molecule has 0 aromatic rings. The zero-order chi connectivity index (χ0) is 16.9. The molecule has 0 spiro atoms. The van der Waals surface area contributed by atoms with Crippen molar-refractivity contribution in [2.24, 2.45) is 11.8 Å². The number of ether oxygens (including phenoxy) is 2. The number of hydrogen-bond donors (Lipinski definition) is 1. The number of aliphatic hydroxyl groups excluding tert-OH is 1. The molecule has 0 atom stereocenters. The molecule has 0 heterocycles. The minimum Gasteiger partial charge on any atom is -0.465 e. The van der Waals surface area contributed by atoms with Crippen LogP contribution in [0.25, 0.3) is 0 Å². The van der Waals surface area contributed by atoms with Gasteiger partial charge in [0, 0.05) is 0 Å². The molecular formula is C18H32O5. The van der Waals surface area contributed by atoms with Gasteiger partial charge in [0.25, 0.3) is 0 Å². The third kappa shape index (κ3) is 8.35. The minimum atomic E-state index is -0.252. The van der Waals surface area contributed by atoms with Crippen molar-refractivity contribution in [3.63, 3.8) is 0 Å². The molecule has 0 unspecified atom stereocenters. The molecule has 0 radical (unpaired) electrons. The summed E-state index contributed by atoms with van der Waals surface area (Å²) in [6.07, 6.45) is 9.78. The summed E-state index contributed by atoms with van der Waals surface area (Å²) in [7, 11) is 0. The normalized spacial score (nSPS) is 21.0. The van der Waals surface area contributed by atoms with Gasteiger partial charge in [-0.15, -0.1) is 0 Å². The van der Waals surface area contributed by atoms with E-state index in [0.717, 1.165) is 12.8 Å². The van der Waals surface area contributed by atoms with E-state index in [1.165, 1.54) is 25.7 Å². The van der Waals surface area contributed by atoms with Gasteiger partial charge in [0.1, 0.15) is 6.61 Å². The second-order valence-corrected chi connectivity index (χ2v) is 6.37. The SMILES string of the molecule is CCCCCCCCOC(=O)C1CCC(C(=O)OCCO)CC1. The van der Waals surface area contributed by atoms with Crippen molar-refractivity contribution in [3.05, 3.63) is 0 Å². The highest BCUT2D eigenvalue weighted by molar-refractivity contribution is 5.75. The maximum absolute atomic E-state index is 12.0. The number of unbranched alkanes of at least 4 members (excludes halogenated alkanes) is 5. The Morgan fingerprint density at radius 3 is 1.83 bits per heavy atom. The van der Waals surface area contributed by atoms with E-state index in [0.29, 0.717) is 32.3 Å². The van der Waals surface area contributed by atoms with Gasteiger partial charge in [0.05, 0.1) is 25.0 Å². The molecule has 0 aromatic carbocycles. The van der Waals surface area contributed by atoms with Crippen LogP contribution in [-0.2, 0) is 19.1 Å². The molecule has 1 fully saturated rings. The second kappa shape index (κ2) is 12.3. The Balaban J connectivity index is 2.09. The van der Waals surface area contributed by atoms with Gasteiger partial charge in [-0.25, -0.2) is 0 Å². The van der Waals surface area contributed by atoms with E-state index in [2.05, 4.69) is 6.92 Å². The molecule has 1 aliphatic rings. The smallest absolute Gasteiger partial charge is 0.309 e. The standard InChI is InChI=1S/C18H32O5/c1-2-3-4-5-6-7-13-22-17(20)15-8-10-16(11-9-15)18(21)23-14-12-19/h15-16,19H,2-14H2,1H3. The summed E-state index contributed by atoms with van der Waals surface area (Å²) in [5.74, 6) is -0.570. The maximum Gasteiger partial charge on any atom is 0.309 e. The summed E-state index contributed by atoms with van der Waals surface area (Å²) in [6, 6.07) is 0. The van der Waals surface area contributed by atoms with Crippen LogP contribution >= 0.6 is 0 Å². The first-order valence-corrected chi connectivity index (χ1v) is 9.13. The molecule has 0 amide bonds. The molecule has 5 nitrogen and oxygen atoms in total. The van der Waals surface area contributed by atoms with E-state index in [4.69, 9.17) is 14.6 Å². The Morgan fingerprint density at radius 2 is 1.30 bits per heavy atom. The Morgan fingerprint density at radius 1 is 0.826 bits per heavy atom. The van der Waals surface area contributed by atoms with Crippen LogP contribution in [0.4, 0.5) is 0 Å². The van der Waals surface area contributed by atoms with Crippen molar-refractivity contribution in [2.75, 3.05) is 19.8 Å². The summed E-state index contributed by atoms with van der Waals surface area (Å²) < 4.78 is 10.3. The number of hydrogen-bond acceptors (Lipinski definition) is 5. The predicted molar refractivity (Wildman–Crippen MR) is 87.8 cm³/mol. The van der Waals surface area contributed by atoms with E-state index in [9.17, 15) is 9.59 Å². The molecule has 0 aliphatic heterocycles. The number of rotatable bonds is 11. The monoisotopic (exact) mass is 328 g/mol. The van der Waals surface area contributed by atoms with Crippen LogP contribution in [0.15, 0.2) is 0 Å². The summed E-state index contributed by atoms with van der Waals surface area (Å²) in [4.78, 5) is 23.7. The zero-order valence-electron chi connectivity index (χ0n) is 14.4. The van der Waals surface area contributed by atoms with Crippen LogP contribution in [0.2, 0.25) is 0 Å². The molecule has 5 heteroatoms. The van der Waals surface area contributed by atoms with Crippen LogP contribution in [0.5, 0.6) is 0 Å². The summed E-state index contributed by atoms with van der Waals surface area (Å²) in [5, 5.41) is 8.65. The number of esters is 2. The third-order valence-electron chi connectivity index (χ3n) is 4.47. The topological polar surface area (TPSA) is 72.8 Å². The fraction of sp³-hybridized carbons (Fsp3) is 0.889. The molecule has 0 bridgehead atoms. The van der Waals surface area contributed by atoms with Gasteiger partial charge in [-0.3, -0.25) is 9.59 Å². The van der Waals surface area contributed by atoms with Crippen LogP contribution in [0.3, 0.4) is 0 Å². The van der Waals surface area contributed by atoms with Crippen molar-refractivity contribution in [2.45, 2.75) is 71.1 Å². The Labute approximate surface area is 139 Å². The molecule has 1 N–H and O–H groups in total. The van der Waals surface area contributed by atoms with Crippen LogP contribution in [0.1, 0.15) is 71.1 Å². The largest absolute Gasteiger partial charge is 0.465 e. The molecule has 1 aliphatic carbocycles. The maximum atomic E-state index is 12.0. The molecule has 0 aromatic heterocycles. The molecule has 0 saturated heterocycles. The average molecular weight is 328 g/mol. The van der Waals surface area contributed by atoms with Gasteiger partial charge in [-0.05, 0) is 32.1 Å². The van der Waals surface area contributed by atoms with Crippen LogP contribution in [-0.4, -0.2) is 36.9 Å². The average Bonchev–Trinajstić information content (AvgIpc) is 2.58. The van der Waals surface area contributed by atoms with Crippen molar-refractivity contribution < 1.29 is 24.2 Å². The summed E-state index contributed by atoms with van der Waals surface area (Å²) in [5.41, 5.74) is 0. The molecule has 1 rings (SSSR count). The van der Waals surface area contributed by atoms with Gasteiger partial charge in [-0.1, -0.05) is 39.0 Å². The lowest BCUT2D eigenvalue weighted by Gasteiger charge is -2.25. The Kier molecular flexibility index (Phi) is 10.7. The minimum absolute atomic E-state index is 0.0546. The lowest BCUT2D eigenvalue weighted by Crippen LogP contribution is -2.28. The highest BCUT2D eigenvalue weighted by Crippen LogP contribution is 2.30. The fourth-order valence-corrected chi connectivity index (χ4v) is 3.00. The van der Waals surface area contributed by atoms with Gasteiger partial charge >= 0.3 is 11.9 Å². The van der Waals surface area contributed by atoms with Crippen molar-refractivity contribution in [1.29, 1.82) is 0 Å². The predicted octanol–water partition coefficient (Wildman–Crippen LogP) is 3.23. The molecular weight excluding hydrogens is 296 g/mol. The first-order chi connectivity index (χ1) is 11.2. The fourth-order valence-electron chi connectivity index (χ4n) is 3.00. The molecule has 23 heavy (non-hydrogen) atoms. The lowest BCUT2D eigenvalue weighted by molar-refractivity contribution is -0.155. The second-order valence-electron chi connectivity index (χ2n) is 6.37. The quantitative estimate of drug-likeness (QED) is 0.465. The number of aliphatic hydroxyl groups is 1. The summed E-state index contributed by atoms with van der Waals surface area (Å²) in [6.45, 7) is 2.62. The zero-order valence-corrected chi connectivity index (χ0v) is 14.4. The molecule has 1 saturated carbocycles. The van der Waals surface area contributed by atoms with E-state index in [1.54, 1.807) is 0 Å². The first kappa shape index (κ1) is 19.9. The van der Waals surface area contributed by atoms with Gasteiger partial charge in [0.2, 0.25) is 0 Å². The van der Waals surface area contributed by atoms with Crippen molar-refractivity contribution >= 4 is 11.9 Å². The molecule has 134 valence electrons. The number of carbonyl (C=O) groups is 2. The Hall–Kier alpha value is -1.10. The van der Waals surface area contributed by atoms with Crippen molar-refractivity contribution in [3.8, 4) is 0 Å².